The lowest BCUT2D eigenvalue weighted by atomic mass is 10.4. The van der Waals surface area contributed by atoms with Crippen molar-refractivity contribution >= 4 is 14.2 Å². The summed E-state index contributed by atoms with van der Waals surface area (Å²) in [6.07, 6.45) is 0.929. The highest BCUT2D eigenvalue weighted by atomic mass is 28.3. The Balaban J connectivity index is 3.73. The van der Waals surface area contributed by atoms with E-state index in [9.17, 15) is 4.79 Å². The number of nitrogens with one attached hydrogen (secondary N) is 1. The van der Waals surface area contributed by atoms with E-state index in [2.05, 4.69) is 38.5 Å². The molecule has 16 heavy (non-hydrogen) atoms. The molecule has 0 atom stereocenters. The summed E-state index contributed by atoms with van der Waals surface area (Å²) < 4.78 is 5.06. The first-order chi connectivity index (χ1) is 7.24. The number of rotatable bonds is 7. The summed E-state index contributed by atoms with van der Waals surface area (Å²) >= 11 is 0. The monoisotopic (exact) mass is 243 g/mol. The summed E-state index contributed by atoms with van der Waals surface area (Å²) in [5, 5.41) is 0. The molecule has 94 valence electrons. The van der Waals surface area contributed by atoms with Crippen molar-refractivity contribution in [1.82, 2.24) is 4.98 Å². The minimum absolute atomic E-state index is 0.281. The van der Waals surface area contributed by atoms with Gasteiger partial charge in [0.05, 0.1) is 6.61 Å². The Kier molecular flexibility index (Phi) is 6.60. The Morgan fingerprint density at radius 1 is 1.44 bits per heavy atom. The second kappa shape index (κ2) is 6.86. The van der Waals surface area contributed by atoms with Gasteiger partial charge in [0.15, 0.2) is 0 Å². The van der Waals surface area contributed by atoms with E-state index in [1.807, 2.05) is 0 Å². The van der Waals surface area contributed by atoms with Crippen LogP contribution in [0.25, 0.3) is 0 Å². The lowest BCUT2D eigenvalue weighted by molar-refractivity contribution is -0.138. The van der Waals surface area contributed by atoms with E-state index in [4.69, 9.17) is 4.74 Å². The van der Waals surface area contributed by atoms with Gasteiger partial charge in [0.25, 0.3) is 0 Å². The van der Waals surface area contributed by atoms with Crippen molar-refractivity contribution in [2.24, 2.45) is 0 Å². The molecule has 0 aromatic heterocycles. The maximum Gasteiger partial charge on any atom is 0.333 e. The summed E-state index contributed by atoms with van der Waals surface area (Å²) in [7, 11) is -1.33. The van der Waals surface area contributed by atoms with Crippen molar-refractivity contribution in [2.75, 3.05) is 6.61 Å². The Morgan fingerprint density at radius 2 is 2.00 bits per heavy atom. The molecule has 0 bridgehead atoms. The zero-order chi connectivity index (χ0) is 12.8. The van der Waals surface area contributed by atoms with Gasteiger partial charge in [0.2, 0.25) is 0 Å². The van der Waals surface area contributed by atoms with E-state index in [-0.39, 0.29) is 5.97 Å². The summed E-state index contributed by atoms with van der Waals surface area (Å²) in [5.41, 5.74) is 0.469. The van der Waals surface area contributed by atoms with Crippen LogP contribution in [-0.2, 0) is 9.53 Å². The Morgan fingerprint density at radius 3 is 2.44 bits per heavy atom. The lowest BCUT2D eigenvalue weighted by Crippen LogP contribution is -2.48. The van der Waals surface area contributed by atoms with E-state index in [0.29, 0.717) is 18.2 Å². The molecule has 0 amide bonds. The van der Waals surface area contributed by atoms with Crippen LogP contribution in [-0.4, -0.2) is 26.9 Å². The summed E-state index contributed by atoms with van der Waals surface area (Å²) in [6, 6.07) is 1.65. The molecule has 0 fully saturated rings. The molecule has 0 aliphatic rings. The highest BCUT2D eigenvalue weighted by molar-refractivity contribution is 6.75. The fourth-order valence-electron chi connectivity index (χ4n) is 1.66. The van der Waals surface area contributed by atoms with E-state index in [0.717, 1.165) is 12.5 Å². The van der Waals surface area contributed by atoms with Crippen LogP contribution in [0.1, 0.15) is 27.2 Å². The number of esters is 1. The number of carbonyl (C=O) groups excluding carboxylic acids is 1. The summed E-state index contributed by atoms with van der Waals surface area (Å²) in [4.78, 5) is 14.7. The van der Waals surface area contributed by atoms with Gasteiger partial charge >= 0.3 is 5.97 Å². The molecule has 0 aliphatic carbocycles. The number of ether oxygens (including phenoxy) is 1. The van der Waals surface area contributed by atoms with E-state index in [1.165, 1.54) is 0 Å². The van der Waals surface area contributed by atoms with E-state index in [1.54, 1.807) is 6.92 Å². The zero-order valence-electron chi connectivity index (χ0n) is 11.2. The lowest BCUT2D eigenvalue weighted by Gasteiger charge is -2.26. The van der Waals surface area contributed by atoms with Gasteiger partial charge < -0.3 is 9.72 Å². The maximum atomic E-state index is 11.1. The minimum Gasteiger partial charge on any atom is -0.462 e. The second-order valence-corrected chi connectivity index (χ2v) is 9.76. The van der Waals surface area contributed by atoms with Crippen LogP contribution in [0.5, 0.6) is 0 Å². The smallest absolute Gasteiger partial charge is 0.333 e. The molecule has 0 aromatic rings. The van der Waals surface area contributed by atoms with Crippen molar-refractivity contribution in [3.8, 4) is 0 Å². The van der Waals surface area contributed by atoms with Crippen molar-refractivity contribution in [3.63, 3.8) is 0 Å². The normalized spacial score (nSPS) is 11.6. The fraction of sp³-hybridized carbons (Fsp3) is 0.750. The molecule has 1 N–H and O–H groups in total. The number of hydrogen-bond acceptors (Lipinski definition) is 3. The van der Waals surface area contributed by atoms with Gasteiger partial charge in [-0.1, -0.05) is 33.5 Å². The van der Waals surface area contributed by atoms with Gasteiger partial charge in [-0.25, -0.2) is 4.79 Å². The third-order valence-electron chi connectivity index (χ3n) is 2.21. The third kappa shape index (κ3) is 7.65. The molecule has 0 unspecified atom stereocenters. The third-order valence-corrected chi connectivity index (χ3v) is 5.17. The molecule has 0 radical (unpaired) electrons. The molecule has 0 spiro atoms. The summed E-state index contributed by atoms with van der Waals surface area (Å²) in [5.74, 6) is -0.281. The van der Waals surface area contributed by atoms with Gasteiger partial charge in [-0.2, -0.15) is 0 Å². The molecular weight excluding hydrogens is 218 g/mol. The Bertz CT molecular complexity index is 249. The van der Waals surface area contributed by atoms with Gasteiger partial charge in [0, 0.05) is 5.57 Å². The van der Waals surface area contributed by atoms with Crippen molar-refractivity contribution < 1.29 is 9.53 Å². The number of hydrogen-bond donors (Lipinski definition) is 1. The maximum absolute atomic E-state index is 11.1. The zero-order valence-corrected chi connectivity index (χ0v) is 12.2. The molecule has 0 saturated heterocycles. The molecule has 3 nitrogen and oxygen atoms in total. The van der Waals surface area contributed by atoms with Crippen LogP contribution in [0.3, 0.4) is 0 Å². The first-order valence-electron chi connectivity index (χ1n) is 5.85. The van der Waals surface area contributed by atoms with Gasteiger partial charge in [0.1, 0.15) is 8.24 Å². The highest BCUT2D eigenvalue weighted by Gasteiger charge is 2.20. The largest absolute Gasteiger partial charge is 0.462 e. The van der Waals surface area contributed by atoms with Crippen LogP contribution in [0.15, 0.2) is 12.2 Å². The topological polar surface area (TPSA) is 38.3 Å². The molecular formula is C12H25NO2Si. The summed E-state index contributed by atoms with van der Waals surface area (Å²) in [6.45, 7) is 14.6. The molecule has 0 saturated carbocycles. The Hall–Kier alpha value is -0.613. The fourth-order valence-corrected chi connectivity index (χ4v) is 4.39. The molecule has 0 aromatic carbocycles. The Labute approximate surface area is 100 Å². The van der Waals surface area contributed by atoms with E-state index < -0.39 is 8.24 Å². The van der Waals surface area contributed by atoms with Crippen molar-refractivity contribution in [3.05, 3.63) is 12.2 Å². The minimum atomic E-state index is -1.33. The SMILES string of the molecule is C=C(C)C(=O)OCCC[Si](C)(C)NC(C)C. The van der Waals surface area contributed by atoms with Crippen molar-refractivity contribution in [1.29, 1.82) is 0 Å². The highest BCUT2D eigenvalue weighted by Crippen LogP contribution is 2.10. The van der Waals surface area contributed by atoms with E-state index >= 15 is 0 Å². The van der Waals surface area contributed by atoms with Crippen molar-refractivity contribution in [2.45, 2.75) is 52.4 Å². The predicted molar refractivity (Wildman–Crippen MR) is 71.0 cm³/mol. The van der Waals surface area contributed by atoms with Crippen LogP contribution in [0, 0.1) is 0 Å². The average molecular weight is 243 g/mol. The first kappa shape index (κ1) is 15.4. The quantitative estimate of drug-likeness (QED) is 0.323. The van der Waals surface area contributed by atoms with Crippen LogP contribution < -0.4 is 4.98 Å². The molecule has 4 heteroatoms. The number of carbonyl (C=O) groups is 1. The second-order valence-electron chi connectivity index (χ2n) is 5.20. The van der Waals surface area contributed by atoms with Gasteiger partial charge in [-0.15, -0.1) is 0 Å². The van der Waals surface area contributed by atoms with Crippen LogP contribution >= 0.6 is 0 Å². The predicted octanol–water partition coefficient (Wildman–Crippen LogP) is 2.70. The van der Waals surface area contributed by atoms with Gasteiger partial charge in [-0.05, 0) is 25.4 Å². The standard InChI is InChI=1S/C12H25NO2Si/c1-10(2)12(14)15-8-7-9-16(5,6)13-11(3)4/h11,13H,1,7-9H2,2-6H3. The first-order valence-corrected chi connectivity index (χ1v) is 9.05. The van der Waals surface area contributed by atoms with Crippen LogP contribution in [0.4, 0.5) is 0 Å². The van der Waals surface area contributed by atoms with Gasteiger partial charge in [-0.3, -0.25) is 0 Å². The molecule has 0 heterocycles. The molecule has 0 rings (SSSR count). The molecule has 0 aliphatic heterocycles. The van der Waals surface area contributed by atoms with Crippen LogP contribution in [0.2, 0.25) is 19.1 Å². The average Bonchev–Trinajstić information content (AvgIpc) is 2.09.